The predicted molar refractivity (Wildman–Crippen MR) is 103 cm³/mol. The van der Waals surface area contributed by atoms with Gasteiger partial charge < -0.3 is 14.8 Å². The molecule has 2 rings (SSSR count). The molecule has 27 heavy (non-hydrogen) atoms. The van der Waals surface area contributed by atoms with Gasteiger partial charge in [-0.25, -0.2) is 4.79 Å². The number of halogens is 1. The summed E-state index contributed by atoms with van der Waals surface area (Å²) in [6.45, 7) is 2.00. The number of nitrogens with one attached hydrogen (secondary N) is 1. The second kappa shape index (κ2) is 9.41. The summed E-state index contributed by atoms with van der Waals surface area (Å²) >= 11 is 6.05. The molecule has 2 aromatic rings. The normalized spacial score (nSPS) is 10.7. The third kappa shape index (κ3) is 5.33. The van der Waals surface area contributed by atoms with Gasteiger partial charge in [0, 0.05) is 5.69 Å². The highest BCUT2D eigenvalue weighted by molar-refractivity contribution is 6.32. The molecule has 0 unspecified atom stereocenters. The van der Waals surface area contributed by atoms with Crippen molar-refractivity contribution in [2.75, 3.05) is 19.0 Å². The van der Waals surface area contributed by atoms with Crippen LogP contribution in [0.5, 0.6) is 5.75 Å². The average molecular weight is 385 g/mol. The van der Waals surface area contributed by atoms with Crippen LogP contribution >= 0.6 is 11.6 Å². The maximum Gasteiger partial charge on any atom is 0.338 e. The molecule has 0 aromatic heterocycles. The Bertz CT molecular complexity index is 915. The lowest BCUT2D eigenvalue weighted by molar-refractivity contribution is -0.112. The highest BCUT2D eigenvalue weighted by Crippen LogP contribution is 2.26. The number of anilines is 1. The number of carbonyl (C=O) groups is 2. The van der Waals surface area contributed by atoms with Crippen LogP contribution in [0.25, 0.3) is 6.08 Å². The zero-order valence-corrected chi connectivity index (χ0v) is 15.5. The molecule has 0 spiro atoms. The Morgan fingerprint density at radius 3 is 2.48 bits per heavy atom. The summed E-state index contributed by atoms with van der Waals surface area (Å²) in [5.74, 6) is -0.517. The summed E-state index contributed by atoms with van der Waals surface area (Å²) in [7, 11) is 1.50. The molecule has 0 atom stereocenters. The summed E-state index contributed by atoms with van der Waals surface area (Å²) in [5.41, 5.74) is 1.32. The first kappa shape index (κ1) is 20.0. The van der Waals surface area contributed by atoms with E-state index in [9.17, 15) is 14.9 Å². The lowest BCUT2D eigenvalue weighted by Crippen LogP contribution is -2.13. The summed E-state index contributed by atoms with van der Waals surface area (Å²) in [4.78, 5) is 24.0. The van der Waals surface area contributed by atoms with Crippen LogP contribution in [0.1, 0.15) is 22.8 Å². The number of benzene rings is 2. The SMILES string of the molecule is CCOC(=O)c1ccc(NC(=O)/C(C#N)=C/c2ccc(OC)c(Cl)c2)cc1. The van der Waals surface area contributed by atoms with E-state index in [1.54, 1.807) is 37.3 Å². The Morgan fingerprint density at radius 1 is 1.22 bits per heavy atom. The first-order chi connectivity index (χ1) is 13.0. The first-order valence-electron chi connectivity index (χ1n) is 8.02. The minimum atomic E-state index is -0.576. The van der Waals surface area contributed by atoms with Crippen molar-refractivity contribution in [2.24, 2.45) is 0 Å². The van der Waals surface area contributed by atoms with Crippen LogP contribution < -0.4 is 10.1 Å². The quantitative estimate of drug-likeness (QED) is 0.460. The molecule has 1 N–H and O–H groups in total. The van der Waals surface area contributed by atoms with E-state index in [0.29, 0.717) is 27.6 Å². The van der Waals surface area contributed by atoms with Crippen LogP contribution in [0.4, 0.5) is 5.69 Å². The van der Waals surface area contributed by atoms with Crippen LogP contribution in [-0.4, -0.2) is 25.6 Å². The highest BCUT2D eigenvalue weighted by atomic mass is 35.5. The number of hydrogen-bond acceptors (Lipinski definition) is 5. The van der Waals surface area contributed by atoms with E-state index in [0.717, 1.165) is 0 Å². The molecule has 138 valence electrons. The van der Waals surface area contributed by atoms with Crippen molar-refractivity contribution < 1.29 is 19.1 Å². The van der Waals surface area contributed by atoms with Crippen LogP contribution in [0.2, 0.25) is 5.02 Å². The van der Waals surface area contributed by atoms with E-state index >= 15 is 0 Å². The van der Waals surface area contributed by atoms with E-state index in [4.69, 9.17) is 21.1 Å². The van der Waals surface area contributed by atoms with Gasteiger partial charge in [0.15, 0.2) is 0 Å². The molecule has 0 radical (unpaired) electrons. The fourth-order valence-electron chi connectivity index (χ4n) is 2.19. The summed E-state index contributed by atoms with van der Waals surface area (Å²) in [6, 6.07) is 13.0. The molecule has 0 bridgehead atoms. The topological polar surface area (TPSA) is 88.4 Å². The first-order valence-corrected chi connectivity index (χ1v) is 8.40. The molecule has 0 aliphatic carbocycles. The molecule has 0 heterocycles. The number of amides is 1. The molecule has 0 aliphatic rings. The van der Waals surface area contributed by atoms with Crippen molar-refractivity contribution in [1.82, 2.24) is 0 Å². The monoisotopic (exact) mass is 384 g/mol. The highest BCUT2D eigenvalue weighted by Gasteiger charge is 2.11. The molecule has 1 amide bonds. The smallest absolute Gasteiger partial charge is 0.338 e. The Kier molecular flexibility index (Phi) is 6.98. The van der Waals surface area contributed by atoms with Gasteiger partial charge >= 0.3 is 5.97 Å². The van der Waals surface area contributed by atoms with Gasteiger partial charge in [-0.2, -0.15) is 5.26 Å². The number of methoxy groups -OCH3 is 1. The maximum atomic E-state index is 12.3. The van der Waals surface area contributed by atoms with Crippen molar-refractivity contribution in [3.63, 3.8) is 0 Å². The molecule has 2 aromatic carbocycles. The summed E-state index contributed by atoms with van der Waals surface area (Å²) in [5, 5.41) is 12.3. The molecule has 0 aliphatic heterocycles. The van der Waals surface area contributed by atoms with Gasteiger partial charge in [-0.05, 0) is 55.0 Å². The summed E-state index contributed by atoms with van der Waals surface area (Å²) < 4.78 is 9.97. The van der Waals surface area contributed by atoms with Crippen molar-refractivity contribution in [1.29, 1.82) is 5.26 Å². The van der Waals surface area contributed by atoms with Crippen molar-refractivity contribution in [2.45, 2.75) is 6.92 Å². The lowest BCUT2D eigenvalue weighted by Gasteiger charge is -2.07. The average Bonchev–Trinajstić information content (AvgIpc) is 2.67. The Morgan fingerprint density at radius 2 is 1.93 bits per heavy atom. The van der Waals surface area contributed by atoms with Crippen molar-refractivity contribution in [3.05, 3.63) is 64.2 Å². The van der Waals surface area contributed by atoms with Crippen LogP contribution in [0.3, 0.4) is 0 Å². The zero-order valence-electron chi connectivity index (χ0n) is 14.8. The van der Waals surface area contributed by atoms with Gasteiger partial charge in [-0.3, -0.25) is 4.79 Å². The van der Waals surface area contributed by atoms with Gasteiger partial charge in [-0.15, -0.1) is 0 Å². The number of ether oxygens (including phenoxy) is 2. The molecule has 0 saturated heterocycles. The van der Waals surface area contributed by atoms with Crippen LogP contribution in [0.15, 0.2) is 48.0 Å². The van der Waals surface area contributed by atoms with Gasteiger partial charge in [0.25, 0.3) is 5.91 Å². The molecular weight excluding hydrogens is 368 g/mol. The fraction of sp³-hybridized carbons (Fsp3) is 0.150. The Hall–Kier alpha value is -3.30. The molecule has 0 fully saturated rings. The number of carbonyl (C=O) groups excluding carboxylic acids is 2. The minimum Gasteiger partial charge on any atom is -0.495 e. The second-order valence-electron chi connectivity index (χ2n) is 5.32. The number of rotatable bonds is 6. The number of esters is 1. The van der Waals surface area contributed by atoms with Crippen molar-refractivity contribution >= 4 is 35.2 Å². The van der Waals surface area contributed by atoms with Gasteiger partial charge in [0.05, 0.1) is 24.3 Å². The third-order valence-electron chi connectivity index (χ3n) is 3.51. The maximum absolute atomic E-state index is 12.3. The Labute approximate surface area is 162 Å². The van der Waals surface area contributed by atoms with Crippen LogP contribution in [0, 0.1) is 11.3 Å². The number of nitrogens with zero attached hydrogens (tertiary/aromatic N) is 1. The summed E-state index contributed by atoms with van der Waals surface area (Å²) in [6.07, 6.45) is 1.42. The van der Waals surface area contributed by atoms with E-state index in [1.165, 1.54) is 25.3 Å². The molecule has 6 nitrogen and oxygen atoms in total. The zero-order chi connectivity index (χ0) is 19.8. The van der Waals surface area contributed by atoms with E-state index < -0.39 is 11.9 Å². The molecule has 0 saturated carbocycles. The van der Waals surface area contributed by atoms with Gasteiger partial charge in [0.2, 0.25) is 0 Å². The van der Waals surface area contributed by atoms with Crippen LogP contribution in [-0.2, 0) is 9.53 Å². The third-order valence-corrected chi connectivity index (χ3v) is 3.80. The predicted octanol–water partition coefficient (Wildman–Crippen LogP) is 4.07. The Balaban J connectivity index is 2.14. The van der Waals surface area contributed by atoms with Crippen molar-refractivity contribution in [3.8, 4) is 11.8 Å². The molecule has 7 heteroatoms. The number of hydrogen-bond donors (Lipinski definition) is 1. The van der Waals surface area contributed by atoms with E-state index in [-0.39, 0.29) is 12.2 Å². The standard InChI is InChI=1S/C20H17ClN2O4/c1-3-27-20(25)14-5-7-16(8-6-14)23-19(24)15(12-22)10-13-4-9-18(26-2)17(21)11-13/h4-11H,3H2,1-2H3,(H,23,24)/b15-10+. The van der Waals surface area contributed by atoms with E-state index in [2.05, 4.69) is 5.32 Å². The largest absolute Gasteiger partial charge is 0.495 e. The van der Waals surface area contributed by atoms with E-state index in [1.807, 2.05) is 6.07 Å². The second-order valence-corrected chi connectivity index (χ2v) is 5.72. The number of nitriles is 1. The minimum absolute atomic E-state index is 0.0919. The lowest BCUT2D eigenvalue weighted by atomic mass is 10.1. The van der Waals surface area contributed by atoms with Gasteiger partial charge in [0.1, 0.15) is 17.4 Å². The fourth-order valence-corrected chi connectivity index (χ4v) is 2.46. The van der Waals surface area contributed by atoms with Gasteiger partial charge in [-0.1, -0.05) is 17.7 Å². The molecular formula is C20H17ClN2O4.